The Morgan fingerprint density at radius 1 is 1.12 bits per heavy atom. The smallest absolute Gasteiger partial charge is 0.123 e. The highest BCUT2D eigenvalue weighted by molar-refractivity contribution is 5.50. The highest BCUT2D eigenvalue weighted by atomic mass is 16.5. The molecule has 1 aromatic carbocycles. The van der Waals surface area contributed by atoms with Crippen molar-refractivity contribution in [2.24, 2.45) is 0 Å². The van der Waals surface area contributed by atoms with Crippen molar-refractivity contribution in [3.05, 3.63) is 58.9 Å². The second kappa shape index (κ2) is 5.96. The minimum absolute atomic E-state index is 0.00301. The average molecular weight is 321 g/mol. The topological polar surface area (TPSA) is 42.4 Å². The van der Waals surface area contributed by atoms with Gasteiger partial charge in [-0.15, -0.1) is 0 Å². The Hall–Kier alpha value is -2.31. The van der Waals surface area contributed by atoms with Crippen LogP contribution >= 0.6 is 0 Å². The molecule has 0 aliphatic carbocycles. The van der Waals surface area contributed by atoms with E-state index >= 15 is 0 Å². The molecule has 1 aliphatic rings. The molecule has 0 saturated heterocycles. The molecule has 0 fully saturated rings. The molecule has 0 radical (unpaired) electrons. The molecule has 0 unspecified atom stereocenters. The van der Waals surface area contributed by atoms with Gasteiger partial charge in [0.1, 0.15) is 17.0 Å². The summed E-state index contributed by atoms with van der Waals surface area (Å²) in [5.74, 6) is 7.21. The SMILES string of the molecule is CC1(C)CC(C)(C)c2cc(C#Cc3ccc(CO)cn3)ccc2O1. The van der Waals surface area contributed by atoms with Gasteiger partial charge < -0.3 is 9.84 Å². The van der Waals surface area contributed by atoms with E-state index in [1.807, 2.05) is 24.3 Å². The van der Waals surface area contributed by atoms with Crippen molar-refractivity contribution < 1.29 is 9.84 Å². The van der Waals surface area contributed by atoms with Crippen LogP contribution < -0.4 is 4.74 Å². The average Bonchev–Trinajstić information content (AvgIpc) is 2.52. The standard InChI is InChI=1S/C21H23NO2/c1-20(2)14-21(3,4)24-19-10-7-15(11-18(19)20)5-8-17-9-6-16(13-23)12-22-17/h6-7,9-12,23H,13-14H2,1-4H3. The molecule has 2 aromatic rings. The number of benzene rings is 1. The second-order valence-electron chi connectivity index (χ2n) is 7.59. The molecule has 0 spiro atoms. The van der Waals surface area contributed by atoms with Crippen molar-refractivity contribution in [3.63, 3.8) is 0 Å². The molecule has 1 aliphatic heterocycles. The lowest BCUT2D eigenvalue weighted by Gasteiger charge is -2.42. The Bertz CT molecular complexity index is 808. The van der Waals surface area contributed by atoms with Crippen LogP contribution in [0.2, 0.25) is 0 Å². The van der Waals surface area contributed by atoms with Crippen molar-refractivity contribution in [2.45, 2.75) is 51.7 Å². The maximum absolute atomic E-state index is 9.05. The first-order valence-electron chi connectivity index (χ1n) is 8.20. The minimum Gasteiger partial charge on any atom is -0.488 e. The van der Waals surface area contributed by atoms with Crippen LogP contribution in [0.3, 0.4) is 0 Å². The Labute approximate surface area is 143 Å². The zero-order valence-corrected chi connectivity index (χ0v) is 14.7. The molecule has 124 valence electrons. The molecule has 0 amide bonds. The van der Waals surface area contributed by atoms with Gasteiger partial charge in [0.15, 0.2) is 0 Å². The van der Waals surface area contributed by atoms with Crippen molar-refractivity contribution >= 4 is 0 Å². The maximum atomic E-state index is 9.05. The summed E-state index contributed by atoms with van der Waals surface area (Å²) in [5, 5.41) is 9.05. The summed E-state index contributed by atoms with van der Waals surface area (Å²) in [7, 11) is 0. The summed E-state index contributed by atoms with van der Waals surface area (Å²) >= 11 is 0. The van der Waals surface area contributed by atoms with Crippen LogP contribution in [0.4, 0.5) is 0 Å². The molecule has 3 heteroatoms. The monoisotopic (exact) mass is 321 g/mol. The molecule has 0 atom stereocenters. The van der Waals surface area contributed by atoms with Crippen LogP contribution in [0, 0.1) is 11.8 Å². The van der Waals surface area contributed by atoms with Gasteiger partial charge in [-0.05, 0) is 61.4 Å². The normalized spacial score (nSPS) is 17.2. The second-order valence-corrected chi connectivity index (χ2v) is 7.59. The zero-order chi connectivity index (χ0) is 17.4. The lowest BCUT2D eigenvalue weighted by atomic mass is 9.73. The largest absolute Gasteiger partial charge is 0.488 e. The summed E-state index contributed by atoms with van der Waals surface area (Å²) in [6.07, 6.45) is 2.62. The molecule has 3 nitrogen and oxygen atoms in total. The van der Waals surface area contributed by atoms with Crippen LogP contribution in [0.15, 0.2) is 36.5 Å². The molecule has 1 N–H and O–H groups in total. The van der Waals surface area contributed by atoms with E-state index in [1.54, 1.807) is 6.20 Å². The van der Waals surface area contributed by atoms with E-state index in [0.717, 1.165) is 23.3 Å². The Morgan fingerprint density at radius 3 is 2.58 bits per heavy atom. The van der Waals surface area contributed by atoms with E-state index in [9.17, 15) is 0 Å². The summed E-state index contributed by atoms with van der Waals surface area (Å²) in [6.45, 7) is 8.77. The number of hydrogen-bond donors (Lipinski definition) is 1. The van der Waals surface area contributed by atoms with Gasteiger partial charge in [-0.3, -0.25) is 0 Å². The molecule has 0 bridgehead atoms. The van der Waals surface area contributed by atoms with Gasteiger partial charge >= 0.3 is 0 Å². The number of ether oxygens (including phenoxy) is 1. The fraction of sp³-hybridized carbons (Fsp3) is 0.381. The fourth-order valence-electron chi connectivity index (χ4n) is 3.45. The van der Waals surface area contributed by atoms with Crippen molar-refractivity contribution in [1.29, 1.82) is 0 Å². The molecule has 1 aromatic heterocycles. The Kier molecular flexibility index (Phi) is 4.11. The van der Waals surface area contributed by atoms with Crippen molar-refractivity contribution in [3.8, 4) is 17.6 Å². The number of nitrogens with zero attached hydrogens (tertiary/aromatic N) is 1. The number of aromatic nitrogens is 1. The van der Waals surface area contributed by atoms with E-state index in [1.165, 1.54) is 5.56 Å². The van der Waals surface area contributed by atoms with Gasteiger partial charge in [0.05, 0.1) is 6.61 Å². The van der Waals surface area contributed by atoms with Gasteiger partial charge in [-0.1, -0.05) is 25.8 Å². The number of rotatable bonds is 1. The predicted molar refractivity (Wildman–Crippen MR) is 94.9 cm³/mol. The third-order valence-corrected chi connectivity index (χ3v) is 4.30. The van der Waals surface area contributed by atoms with E-state index < -0.39 is 0 Å². The summed E-state index contributed by atoms with van der Waals surface area (Å²) in [5.41, 5.74) is 3.55. The quantitative estimate of drug-likeness (QED) is 0.812. The van der Waals surface area contributed by atoms with Crippen LogP contribution in [-0.4, -0.2) is 15.7 Å². The van der Waals surface area contributed by atoms with E-state index in [-0.39, 0.29) is 17.6 Å². The first-order valence-corrected chi connectivity index (χ1v) is 8.20. The summed E-state index contributed by atoms with van der Waals surface area (Å²) in [4.78, 5) is 4.24. The number of aliphatic hydroxyl groups excluding tert-OH is 1. The number of fused-ring (bicyclic) bond motifs is 1. The third kappa shape index (κ3) is 3.44. The summed E-state index contributed by atoms with van der Waals surface area (Å²) < 4.78 is 6.11. The first-order chi connectivity index (χ1) is 11.3. The lowest BCUT2D eigenvalue weighted by Crippen LogP contribution is -2.41. The Balaban J connectivity index is 1.91. The van der Waals surface area contributed by atoms with Gasteiger partial charge in [-0.2, -0.15) is 0 Å². The highest BCUT2D eigenvalue weighted by Gasteiger charge is 2.38. The number of pyridine rings is 1. The minimum atomic E-state index is -0.151. The maximum Gasteiger partial charge on any atom is 0.123 e. The lowest BCUT2D eigenvalue weighted by molar-refractivity contribution is 0.0534. The highest BCUT2D eigenvalue weighted by Crippen LogP contribution is 2.44. The Morgan fingerprint density at radius 2 is 1.92 bits per heavy atom. The number of aliphatic hydroxyl groups is 1. The van der Waals surface area contributed by atoms with Crippen LogP contribution in [0.25, 0.3) is 0 Å². The van der Waals surface area contributed by atoms with E-state index in [4.69, 9.17) is 9.84 Å². The zero-order valence-electron chi connectivity index (χ0n) is 14.7. The van der Waals surface area contributed by atoms with Crippen molar-refractivity contribution in [1.82, 2.24) is 4.98 Å². The van der Waals surface area contributed by atoms with Gasteiger partial charge in [-0.25, -0.2) is 4.98 Å². The van der Waals surface area contributed by atoms with E-state index in [0.29, 0.717) is 5.69 Å². The molecule has 3 rings (SSSR count). The molecular weight excluding hydrogens is 298 g/mol. The predicted octanol–water partition coefficient (Wildman–Crippen LogP) is 3.81. The molecule has 0 saturated carbocycles. The van der Waals surface area contributed by atoms with Gasteiger partial charge in [0.25, 0.3) is 0 Å². The van der Waals surface area contributed by atoms with Crippen molar-refractivity contribution in [2.75, 3.05) is 0 Å². The third-order valence-electron chi connectivity index (χ3n) is 4.30. The fourth-order valence-corrected chi connectivity index (χ4v) is 3.45. The molecular formula is C21H23NO2. The molecule has 24 heavy (non-hydrogen) atoms. The van der Waals surface area contributed by atoms with Gasteiger partial charge in [0.2, 0.25) is 0 Å². The van der Waals surface area contributed by atoms with Crippen LogP contribution in [0.1, 0.15) is 56.5 Å². The number of hydrogen-bond acceptors (Lipinski definition) is 3. The van der Waals surface area contributed by atoms with Gasteiger partial charge in [0, 0.05) is 17.3 Å². The molecule has 2 heterocycles. The van der Waals surface area contributed by atoms with Crippen LogP contribution in [0.5, 0.6) is 5.75 Å². The first kappa shape index (κ1) is 16.5. The van der Waals surface area contributed by atoms with Crippen LogP contribution in [-0.2, 0) is 12.0 Å². The van der Waals surface area contributed by atoms with E-state index in [2.05, 4.69) is 50.6 Å². The summed E-state index contributed by atoms with van der Waals surface area (Å²) in [6, 6.07) is 9.80.